The van der Waals surface area contributed by atoms with Crippen molar-refractivity contribution < 1.29 is 4.74 Å². The van der Waals surface area contributed by atoms with E-state index in [-0.39, 0.29) is 6.10 Å². The average molecular weight is 301 g/mol. The van der Waals surface area contributed by atoms with Gasteiger partial charge in [0.15, 0.2) is 11.9 Å². The molecule has 0 fully saturated rings. The number of rotatable bonds is 4. The number of para-hydroxylation sites is 1. The second-order valence-electron chi connectivity index (χ2n) is 5.31. The van der Waals surface area contributed by atoms with Gasteiger partial charge >= 0.3 is 0 Å². The van der Waals surface area contributed by atoms with E-state index in [4.69, 9.17) is 4.74 Å². The lowest BCUT2D eigenvalue weighted by atomic mass is 10.3. The number of ether oxygens (including phenoxy) is 1. The molecule has 0 radical (unpaired) electrons. The molecule has 110 valence electrons. The van der Waals surface area contributed by atoms with Crippen molar-refractivity contribution >= 4 is 11.8 Å². The van der Waals surface area contributed by atoms with Crippen LogP contribution in [0.1, 0.15) is 31.5 Å². The Bertz CT molecular complexity index is 618. The molecule has 1 atom stereocenters. The maximum atomic E-state index is 6.03. The first kappa shape index (κ1) is 14.4. The highest BCUT2D eigenvalue weighted by Crippen LogP contribution is 2.39. The van der Waals surface area contributed by atoms with Crippen molar-refractivity contribution in [1.29, 1.82) is 0 Å². The molecule has 0 bridgehead atoms. The highest BCUT2D eigenvalue weighted by Gasteiger charge is 2.23. The van der Waals surface area contributed by atoms with Gasteiger partial charge in [-0.05, 0) is 18.2 Å². The van der Waals surface area contributed by atoms with Gasteiger partial charge in [0.25, 0.3) is 0 Å². The van der Waals surface area contributed by atoms with Gasteiger partial charge in [0.1, 0.15) is 5.75 Å². The van der Waals surface area contributed by atoms with Crippen LogP contribution in [0.4, 0.5) is 0 Å². The summed E-state index contributed by atoms with van der Waals surface area (Å²) in [7, 11) is 0. The maximum Gasteiger partial charge on any atom is 0.170 e. The van der Waals surface area contributed by atoms with Crippen LogP contribution < -0.4 is 10.1 Å². The van der Waals surface area contributed by atoms with Crippen molar-refractivity contribution in [2.45, 2.75) is 37.4 Å². The van der Waals surface area contributed by atoms with Gasteiger partial charge in [0, 0.05) is 29.4 Å². The molecule has 21 heavy (non-hydrogen) atoms. The third kappa shape index (κ3) is 3.54. The third-order valence-corrected chi connectivity index (χ3v) is 4.34. The summed E-state index contributed by atoms with van der Waals surface area (Å²) in [6.07, 6.45) is 1.73. The van der Waals surface area contributed by atoms with Crippen molar-refractivity contribution in [2.24, 2.45) is 0 Å². The van der Waals surface area contributed by atoms with E-state index in [2.05, 4.69) is 35.2 Å². The predicted octanol–water partition coefficient (Wildman–Crippen LogP) is 3.20. The van der Waals surface area contributed by atoms with Gasteiger partial charge in [-0.25, -0.2) is 9.97 Å². The zero-order valence-corrected chi connectivity index (χ0v) is 13.1. The van der Waals surface area contributed by atoms with E-state index in [1.54, 1.807) is 11.8 Å². The SMILES string of the molecule is CC(C)NCc1ccnc(C2CSc3ccccc3O2)n1. The highest BCUT2D eigenvalue weighted by atomic mass is 32.2. The highest BCUT2D eigenvalue weighted by molar-refractivity contribution is 7.99. The third-order valence-electron chi connectivity index (χ3n) is 3.22. The van der Waals surface area contributed by atoms with E-state index < -0.39 is 0 Å². The summed E-state index contributed by atoms with van der Waals surface area (Å²) in [5.74, 6) is 2.53. The fraction of sp³-hybridized carbons (Fsp3) is 0.375. The molecule has 0 spiro atoms. The van der Waals surface area contributed by atoms with Crippen molar-refractivity contribution in [2.75, 3.05) is 5.75 Å². The molecule has 0 amide bonds. The molecule has 4 nitrogen and oxygen atoms in total. The van der Waals surface area contributed by atoms with Crippen LogP contribution in [-0.2, 0) is 6.54 Å². The predicted molar refractivity (Wildman–Crippen MR) is 84.5 cm³/mol. The number of benzene rings is 1. The van der Waals surface area contributed by atoms with Gasteiger partial charge < -0.3 is 10.1 Å². The van der Waals surface area contributed by atoms with E-state index in [0.29, 0.717) is 6.04 Å². The van der Waals surface area contributed by atoms with Crippen LogP contribution in [0.3, 0.4) is 0 Å². The van der Waals surface area contributed by atoms with Crippen molar-refractivity contribution in [3.63, 3.8) is 0 Å². The lowest BCUT2D eigenvalue weighted by Gasteiger charge is -2.24. The Morgan fingerprint density at radius 2 is 2.19 bits per heavy atom. The Hall–Kier alpha value is -1.59. The van der Waals surface area contributed by atoms with Gasteiger partial charge in [0.2, 0.25) is 0 Å². The molecule has 5 heteroatoms. The molecule has 0 aliphatic carbocycles. The molecule has 1 aliphatic heterocycles. The largest absolute Gasteiger partial charge is 0.480 e. The normalized spacial score (nSPS) is 17.4. The smallest absolute Gasteiger partial charge is 0.170 e. The first-order valence-electron chi connectivity index (χ1n) is 7.16. The molecule has 1 aromatic carbocycles. The first-order chi connectivity index (χ1) is 10.2. The van der Waals surface area contributed by atoms with Gasteiger partial charge in [-0.3, -0.25) is 0 Å². The van der Waals surface area contributed by atoms with E-state index in [1.165, 1.54) is 4.90 Å². The van der Waals surface area contributed by atoms with Crippen LogP contribution in [0, 0.1) is 0 Å². The summed E-state index contributed by atoms with van der Waals surface area (Å²) >= 11 is 1.80. The summed E-state index contributed by atoms with van der Waals surface area (Å²) in [6, 6.07) is 10.5. The Morgan fingerprint density at radius 3 is 3.05 bits per heavy atom. The Kier molecular flexibility index (Phi) is 4.41. The monoisotopic (exact) mass is 301 g/mol. The molecule has 1 N–H and O–H groups in total. The minimum atomic E-state index is -0.0797. The van der Waals surface area contributed by atoms with E-state index in [1.807, 2.05) is 30.5 Å². The summed E-state index contributed by atoms with van der Waals surface area (Å²) in [4.78, 5) is 10.2. The fourth-order valence-corrected chi connectivity index (χ4v) is 3.10. The van der Waals surface area contributed by atoms with Crippen LogP contribution >= 0.6 is 11.8 Å². The standard InChI is InChI=1S/C16H19N3OS/c1-11(2)18-9-12-7-8-17-16(19-12)14-10-21-15-6-4-3-5-13(15)20-14/h3-8,11,14,18H,9-10H2,1-2H3. The Balaban J connectivity index is 1.74. The lowest BCUT2D eigenvalue weighted by molar-refractivity contribution is 0.210. The quantitative estimate of drug-likeness (QED) is 0.939. The minimum absolute atomic E-state index is 0.0797. The number of thioether (sulfide) groups is 1. The van der Waals surface area contributed by atoms with Gasteiger partial charge in [0.05, 0.1) is 5.69 Å². The molecule has 0 saturated carbocycles. The summed E-state index contributed by atoms with van der Waals surface area (Å²) < 4.78 is 6.03. The number of fused-ring (bicyclic) bond motifs is 1. The molecule has 2 aromatic rings. The lowest BCUT2D eigenvalue weighted by Crippen LogP contribution is -2.23. The number of hydrogen-bond donors (Lipinski definition) is 1. The summed E-state index contributed by atoms with van der Waals surface area (Å²) in [5.41, 5.74) is 1.00. The zero-order chi connectivity index (χ0) is 14.7. The van der Waals surface area contributed by atoms with Crippen LogP contribution in [0.25, 0.3) is 0 Å². The number of nitrogens with one attached hydrogen (secondary N) is 1. The zero-order valence-electron chi connectivity index (χ0n) is 12.2. The summed E-state index contributed by atoms with van der Waals surface area (Å²) in [6.45, 7) is 5.00. The van der Waals surface area contributed by atoms with Gasteiger partial charge in [-0.2, -0.15) is 0 Å². The Morgan fingerprint density at radius 1 is 1.33 bits per heavy atom. The molecule has 2 heterocycles. The topological polar surface area (TPSA) is 47.0 Å². The molecule has 1 aliphatic rings. The van der Waals surface area contributed by atoms with Gasteiger partial charge in [-0.15, -0.1) is 11.8 Å². The van der Waals surface area contributed by atoms with E-state index >= 15 is 0 Å². The Labute approximate surface area is 129 Å². The molecule has 0 saturated heterocycles. The van der Waals surface area contributed by atoms with Crippen molar-refractivity contribution in [1.82, 2.24) is 15.3 Å². The molecule has 3 rings (SSSR count). The van der Waals surface area contributed by atoms with Crippen LogP contribution in [0.5, 0.6) is 5.75 Å². The number of aromatic nitrogens is 2. The van der Waals surface area contributed by atoms with Gasteiger partial charge in [-0.1, -0.05) is 26.0 Å². The number of hydrogen-bond acceptors (Lipinski definition) is 5. The minimum Gasteiger partial charge on any atom is -0.480 e. The van der Waals surface area contributed by atoms with Crippen molar-refractivity contribution in [3.8, 4) is 5.75 Å². The van der Waals surface area contributed by atoms with Crippen molar-refractivity contribution in [3.05, 3.63) is 48.0 Å². The van der Waals surface area contributed by atoms with Crippen LogP contribution in [0.15, 0.2) is 41.4 Å². The second-order valence-corrected chi connectivity index (χ2v) is 6.37. The van der Waals surface area contributed by atoms with Crippen LogP contribution in [-0.4, -0.2) is 21.8 Å². The first-order valence-corrected chi connectivity index (χ1v) is 8.14. The molecule has 1 aromatic heterocycles. The molecular formula is C16H19N3OS. The fourth-order valence-electron chi connectivity index (χ4n) is 2.12. The average Bonchev–Trinajstić information content (AvgIpc) is 2.53. The molecular weight excluding hydrogens is 282 g/mol. The van der Waals surface area contributed by atoms with E-state index in [0.717, 1.165) is 29.6 Å². The van der Waals surface area contributed by atoms with Crippen LogP contribution in [0.2, 0.25) is 0 Å². The second kappa shape index (κ2) is 6.45. The van der Waals surface area contributed by atoms with E-state index in [9.17, 15) is 0 Å². The number of nitrogens with zero attached hydrogens (tertiary/aromatic N) is 2. The molecule has 1 unspecified atom stereocenters. The summed E-state index contributed by atoms with van der Waals surface area (Å²) in [5, 5.41) is 3.37. The maximum absolute atomic E-state index is 6.03.